The highest BCUT2D eigenvalue weighted by Gasteiger charge is 2.38. The molecule has 7 heteroatoms. The minimum Gasteiger partial charge on any atom is -0.491 e. The van der Waals surface area contributed by atoms with Crippen molar-refractivity contribution in [2.75, 3.05) is 19.7 Å². The number of aryl methyl sites for hydroxylation is 1. The third-order valence-corrected chi connectivity index (χ3v) is 7.19. The Balaban J connectivity index is 1.35. The van der Waals surface area contributed by atoms with Gasteiger partial charge in [-0.05, 0) is 67.0 Å². The monoisotopic (exact) mass is 450 g/mol. The number of fused-ring (bicyclic) bond motifs is 1. The fourth-order valence-electron chi connectivity index (χ4n) is 4.29. The van der Waals surface area contributed by atoms with Crippen LogP contribution in [0, 0.1) is 6.92 Å². The third-order valence-electron chi connectivity index (χ3n) is 6.19. The molecule has 166 valence electrons. The van der Waals surface area contributed by atoms with Crippen LogP contribution in [0.4, 0.5) is 0 Å². The van der Waals surface area contributed by atoms with Crippen molar-refractivity contribution in [1.29, 1.82) is 0 Å². The molecule has 0 spiro atoms. The fourth-order valence-corrected chi connectivity index (χ4v) is 5.22. The second-order valence-electron chi connectivity index (χ2n) is 8.37. The molecule has 1 atom stereocenters. The molecule has 1 unspecified atom stereocenters. The van der Waals surface area contributed by atoms with Gasteiger partial charge in [-0.25, -0.2) is 0 Å². The molecule has 1 aliphatic heterocycles. The lowest BCUT2D eigenvalue weighted by atomic mass is 10.00. The number of hydrogen-bond acceptors (Lipinski definition) is 5. The summed E-state index contributed by atoms with van der Waals surface area (Å²) in [6.45, 7) is 3.09. The van der Waals surface area contributed by atoms with Crippen LogP contribution < -0.4 is 4.74 Å². The number of ether oxygens (including phenoxy) is 1. The van der Waals surface area contributed by atoms with Gasteiger partial charge in [0.1, 0.15) is 18.9 Å². The Morgan fingerprint density at radius 2 is 2.03 bits per heavy atom. The maximum absolute atomic E-state index is 13.5. The highest BCUT2D eigenvalue weighted by Crippen LogP contribution is 2.35. The molecule has 3 heterocycles. The number of carbonyl (C=O) groups is 2. The molecule has 1 aromatic carbocycles. The number of thiophene rings is 1. The molecule has 6 nitrogen and oxygen atoms in total. The molecule has 0 radical (unpaired) electrons. The highest BCUT2D eigenvalue weighted by atomic mass is 32.1. The summed E-state index contributed by atoms with van der Waals surface area (Å²) in [6.07, 6.45) is 4.17. The van der Waals surface area contributed by atoms with Crippen LogP contribution in [0.5, 0.6) is 5.75 Å². The van der Waals surface area contributed by atoms with Crippen LogP contribution >= 0.6 is 11.3 Å². The van der Waals surface area contributed by atoms with E-state index in [2.05, 4.69) is 11.4 Å². The van der Waals surface area contributed by atoms with Crippen molar-refractivity contribution >= 4 is 23.2 Å². The van der Waals surface area contributed by atoms with Gasteiger partial charge in [0.05, 0.1) is 12.3 Å². The topological polar surface area (TPSA) is 63.0 Å². The number of furan rings is 1. The molecule has 0 saturated heterocycles. The Bertz CT molecular complexity index is 1100. The Labute approximate surface area is 191 Å². The zero-order valence-corrected chi connectivity index (χ0v) is 18.8. The van der Waals surface area contributed by atoms with Crippen LogP contribution in [-0.4, -0.2) is 47.4 Å². The zero-order chi connectivity index (χ0) is 22.1. The van der Waals surface area contributed by atoms with Crippen molar-refractivity contribution < 1.29 is 18.7 Å². The molecule has 2 aromatic heterocycles. The summed E-state index contributed by atoms with van der Waals surface area (Å²) in [5.41, 5.74) is 2.22. The minimum atomic E-state index is -0.216. The summed E-state index contributed by atoms with van der Waals surface area (Å²) in [6, 6.07) is 13.3. The molecule has 0 N–H and O–H groups in total. The van der Waals surface area contributed by atoms with Crippen LogP contribution in [0.1, 0.15) is 45.4 Å². The second-order valence-corrected chi connectivity index (χ2v) is 9.37. The second kappa shape index (κ2) is 8.82. The quantitative estimate of drug-likeness (QED) is 0.533. The molecule has 2 aliphatic rings. The molecule has 1 saturated carbocycles. The largest absolute Gasteiger partial charge is 0.491 e. The van der Waals surface area contributed by atoms with Crippen molar-refractivity contribution in [3.63, 3.8) is 0 Å². The van der Waals surface area contributed by atoms with E-state index in [9.17, 15) is 9.59 Å². The SMILES string of the molecule is Cc1ccccc1OCC1c2ccsc2CCN1C(=O)CN(C(=O)c1ccco1)C1CC1. The number of rotatable bonds is 7. The van der Waals surface area contributed by atoms with E-state index in [0.29, 0.717) is 13.2 Å². The predicted molar refractivity (Wildman–Crippen MR) is 122 cm³/mol. The summed E-state index contributed by atoms with van der Waals surface area (Å²) in [5.74, 6) is 0.844. The van der Waals surface area contributed by atoms with Gasteiger partial charge < -0.3 is 19.0 Å². The summed E-state index contributed by atoms with van der Waals surface area (Å²) in [5, 5.41) is 2.08. The average Bonchev–Trinajstić information content (AvgIpc) is 3.28. The van der Waals surface area contributed by atoms with Gasteiger partial charge in [-0.3, -0.25) is 9.59 Å². The van der Waals surface area contributed by atoms with Crippen LogP contribution in [0.3, 0.4) is 0 Å². The molecule has 1 fully saturated rings. The van der Waals surface area contributed by atoms with Gasteiger partial charge in [-0.15, -0.1) is 11.3 Å². The maximum atomic E-state index is 13.5. The van der Waals surface area contributed by atoms with Crippen molar-refractivity contribution in [3.05, 3.63) is 75.9 Å². The number of benzene rings is 1. The molecular weight excluding hydrogens is 424 g/mol. The molecule has 32 heavy (non-hydrogen) atoms. The minimum absolute atomic E-state index is 0.0490. The van der Waals surface area contributed by atoms with E-state index < -0.39 is 0 Å². The summed E-state index contributed by atoms with van der Waals surface area (Å²) in [4.78, 5) is 31.3. The van der Waals surface area contributed by atoms with Gasteiger partial charge in [0.2, 0.25) is 5.91 Å². The first-order chi connectivity index (χ1) is 15.6. The molecule has 2 amide bonds. The number of amides is 2. The predicted octanol–water partition coefficient (Wildman–Crippen LogP) is 4.46. The zero-order valence-electron chi connectivity index (χ0n) is 18.0. The number of hydrogen-bond donors (Lipinski definition) is 0. The van der Waals surface area contributed by atoms with Crippen molar-refractivity contribution in [2.45, 2.75) is 38.3 Å². The van der Waals surface area contributed by atoms with Gasteiger partial charge in [0.15, 0.2) is 5.76 Å². The number of carbonyl (C=O) groups excluding carboxylic acids is 2. The lowest BCUT2D eigenvalue weighted by molar-refractivity contribution is -0.135. The fraction of sp³-hybridized carbons (Fsp3) is 0.360. The van der Waals surface area contributed by atoms with E-state index in [0.717, 1.165) is 36.1 Å². The van der Waals surface area contributed by atoms with Gasteiger partial charge in [0, 0.05) is 17.5 Å². The standard InChI is InChI=1S/C25H26N2O4S/c1-17-5-2-3-6-21(17)31-16-20-19-11-14-32-23(19)10-12-26(20)24(28)15-27(18-8-9-18)25(29)22-7-4-13-30-22/h2-7,11,13-14,18,20H,8-10,12,15-16H2,1H3. The average molecular weight is 451 g/mol. The van der Waals surface area contributed by atoms with Gasteiger partial charge in [-0.1, -0.05) is 18.2 Å². The molecular formula is C25H26N2O4S. The first kappa shape index (κ1) is 20.8. The van der Waals surface area contributed by atoms with E-state index in [4.69, 9.17) is 9.15 Å². The Morgan fingerprint density at radius 1 is 1.19 bits per heavy atom. The van der Waals surface area contributed by atoms with Crippen LogP contribution in [-0.2, 0) is 11.2 Å². The molecule has 0 bridgehead atoms. The summed E-state index contributed by atoms with van der Waals surface area (Å²) < 4.78 is 11.5. The highest BCUT2D eigenvalue weighted by molar-refractivity contribution is 7.10. The van der Waals surface area contributed by atoms with Crippen molar-refractivity contribution in [2.24, 2.45) is 0 Å². The lowest BCUT2D eigenvalue weighted by Crippen LogP contribution is -2.48. The van der Waals surface area contributed by atoms with Crippen molar-refractivity contribution in [1.82, 2.24) is 9.80 Å². The first-order valence-electron chi connectivity index (χ1n) is 11.0. The first-order valence-corrected chi connectivity index (χ1v) is 11.9. The Kier molecular flexibility index (Phi) is 5.74. The van der Waals surface area contributed by atoms with Crippen LogP contribution in [0.2, 0.25) is 0 Å². The lowest BCUT2D eigenvalue weighted by Gasteiger charge is -2.37. The van der Waals surface area contributed by atoms with Crippen LogP contribution in [0.15, 0.2) is 58.5 Å². The van der Waals surface area contributed by atoms with E-state index in [1.165, 1.54) is 11.1 Å². The Hall–Kier alpha value is -3.06. The molecule has 5 rings (SSSR count). The van der Waals surface area contributed by atoms with E-state index in [1.807, 2.05) is 36.1 Å². The van der Waals surface area contributed by atoms with Crippen molar-refractivity contribution in [3.8, 4) is 5.75 Å². The maximum Gasteiger partial charge on any atom is 0.290 e. The van der Waals surface area contributed by atoms with Gasteiger partial charge in [0.25, 0.3) is 5.91 Å². The smallest absolute Gasteiger partial charge is 0.290 e. The van der Waals surface area contributed by atoms with E-state index >= 15 is 0 Å². The van der Waals surface area contributed by atoms with Gasteiger partial charge in [-0.2, -0.15) is 0 Å². The van der Waals surface area contributed by atoms with E-state index in [1.54, 1.807) is 28.4 Å². The van der Waals surface area contributed by atoms with Gasteiger partial charge >= 0.3 is 0 Å². The number of nitrogens with zero attached hydrogens (tertiary/aromatic N) is 2. The summed E-state index contributed by atoms with van der Waals surface area (Å²) >= 11 is 1.73. The molecule has 3 aromatic rings. The summed E-state index contributed by atoms with van der Waals surface area (Å²) in [7, 11) is 0. The number of para-hydroxylation sites is 1. The molecule has 1 aliphatic carbocycles. The Morgan fingerprint density at radius 3 is 2.78 bits per heavy atom. The third kappa shape index (κ3) is 4.17. The van der Waals surface area contributed by atoms with E-state index in [-0.39, 0.29) is 36.2 Å². The normalized spacial score (nSPS) is 17.7. The van der Waals surface area contributed by atoms with Crippen LogP contribution in [0.25, 0.3) is 0 Å².